The minimum Gasteiger partial charge on any atom is -0.202 e. The molecule has 0 amide bonds. The molecule has 3 heterocycles. The number of benzene rings is 1. The molecule has 0 radical (unpaired) electrons. The van der Waals surface area contributed by atoms with Gasteiger partial charge in [0.25, 0.3) is 5.95 Å². The van der Waals surface area contributed by atoms with Crippen molar-refractivity contribution in [2.75, 3.05) is 0 Å². The number of hydrogen-bond acceptors (Lipinski definition) is 5. The van der Waals surface area contributed by atoms with Crippen LogP contribution in [0.4, 0.5) is 0 Å². The molecule has 124 valence electrons. The molecule has 4 aromatic rings. The molecule has 25 heavy (non-hydrogen) atoms. The maximum atomic E-state index is 4.49. The quantitative estimate of drug-likeness (QED) is 0.528. The highest BCUT2D eigenvalue weighted by atomic mass is 32.1. The minimum absolute atomic E-state index is 0.571. The van der Waals surface area contributed by atoms with E-state index in [-0.39, 0.29) is 0 Å². The molecule has 3 aromatic heterocycles. The second-order valence-corrected chi connectivity index (χ2v) is 6.74. The first-order valence-electron chi connectivity index (χ1n) is 7.84. The summed E-state index contributed by atoms with van der Waals surface area (Å²) < 4.78 is 3.37. The summed E-state index contributed by atoms with van der Waals surface area (Å²) in [4.78, 5) is 2.27. The molecule has 0 unspecified atom stereocenters. The summed E-state index contributed by atoms with van der Waals surface area (Å²) in [5.41, 5.74) is 3.13. The fraction of sp³-hybridized carbons (Fsp3) is 0.111. The van der Waals surface area contributed by atoms with E-state index in [1.165, 1.54) is 10.4 Å². The lowest BCUT2D eigenvalue weighted by atomic mass is 10.2. The lowest BCUT2D eigenvalue weighted by molar-refractivity contribution is 0.717. The third kappa shape index (κ3) is 3.14. The zero-order chi connectivity index (χ0) is 17.2. The van der Waals surface area contributed by atoms with Gasteiger partial charge in [0.1, 0.15) is 6.33 Å². The Morgan fingerprint density at radius 3 is 2.68 bits per heavy atom. The minimum atomic E-state index is 0.571. The molecule has 7 heteroatoms. The fourth-order valence-electron chi connectivity index (χ4n) is 2.57. The maximum Gasteiger partial charge on any atom is 0.273 e. The van der Waals surface area contributed by atoms with Crippen LogP contribution >= 0.6 is 11.3 Å². The predicted octanol–water partition coefficient (Wildman–Crippen LogP) is 3.69. The molecule has 6 nitrogen and oxygen atoms in total. The normalized spacial score (nSPS) is 11.4. The highest BCUT2D eigenvalue weighted by Gasteiger charge is 2.10. The van der Waals surface area contributed by atoms with Crippen molar-refractivity contribution in [3.8, 4) is 16.4 Å². The highest BCUT2D eigenvalue weighted by molar-refractivity contribution is 7.17. The molecule has 0 bridgehead atoms. The molecule has 0 N–H and O–H groups in total. The molecule has 4 rings (SSSR count). The van der Waals surface area contributed by atoms with Gasteiger partial charge in [0.2, 0.25) is 0 Å². The van der Waals surface area contributed by atoms with Gasteiger partial charge in [0.05, 0.1) is 11.9 Å². The van der Waals surface area contributed by atoms with E-state index in [2.05, 4.69) is 44.7 Å². The second kappa shape index (κ2) is 6.45. The van der Waals surface area contributed by atoms with Crippen LogP contribution in [0.15, 0.2) is 60.0 Å². The first-order chi connectivity index (χ1) is 12.2. The van der Waals surface area contributed by atoms with Crippen molar-refractivity contribution < 1.29 is 0 Å². The van der Waals surface area contributed by atoms with Crippen molar-refractivity contribution in [1.82, 2.24) is 24.7 Å². The zero-order valence-corrected chi connectivity index (χ0v) is 14.7. The van der Waals surface area contributed by atoms with E-state index in [0.29, 0.717) is 5.95 Å². The van der Waals surface area contributed by atoms with Gasteiger partial charge in [-0.05, 0) is 37.6 Å². The molecular weight excluding hydrogens is 332 g/mol. The van der Waals surface area contributed by atoms with Crippen molar-refractivity contribution in [1.29, 1.82) is 0 Å². The number of aryl methyl sites for hydroxylation is 2. The van der Waals surface area contributed by atoms with Crippen LogP contribution in [0.2, 0.25) is 0 Å². The number of hydrogen-bond donors (Lipinski definition) is 0. The van der Waals surface area contributed by atoms with Crippen LogP contribution < -0.4 is 0 Å². The van der Waals surface area contributed by atoms with Gasteiger partial charge in [-0.25, -0.2) is 4.68 Å². The van der Waals surface area contributed by atoms with Crippen molar-refractivity contribution >= 4 is 17.6 Å². The lowest BCUT2D eigenvalue weighted by Crippen LogP contribution is -2.06. The molecule has 0 fully saturated rings. The van der Waals surface area contributed by atoms with E-state index < -0.39 is 0 Å². The average Bonchev–Trinajstić information content (AvgIpc) is 3.33. The Balaban J connectivity index is 1.61. The number of rotatable bonds is 4. The van der Waals surface area contributed by atoms with Crippen LogP contribution in [0.1, 0.15) is 16.3 Å². The molecule has 0 spiro atoms. The average molecular weight is 348 g/mol. The van der Waals surface area contributed by atoms with Gasteiger partial charge in [-0.2, -0.15) is 14.9 Å². The van der Waals surface area contributed by atoms with Gasteiger partial charge >= 0.3 is 0 Å². The topological polar surface area (TPSA) is 60.9 Å². The van der Waals surface area contributed by atoms with Gasteiger partial charge in [0, 0.05) is 15.4 Å². The van der Waals surface area contributed by atoms with Gasteiger partial charge in [0.15, 0.2) is 0 Å². The standard InChI is InChI=1S/C18H16N6S/c1-13-10-14(2)24(22-13)18-21-19-12-23(18)20-11-16-8-9-17(25-16)15-6-4-3-5-7-15/h3-12H,1-2H3/b20-11-. The summed E-state index contributed by atoms with van der Waals surface area (Å²) in [5, 5.41) is 17.0. The smallest absolute Gasteiger partial charge is 0.202 e. The van der Waals surface area contributed by atoms with E-state index in [9.17, 15) is 0 Å². The Hall–Kier alpha value is -3.06. The predicted molar refractivity (Wildman–Crippen MR) is 99.4 cm³/mol. The van der Waals surface area contributed by atoms with Crippen LogP contribution in [-0.4, -0.2) is 30.9 Å². The third-order valence-electron chi connectivity index (χ3n) is 3.71. The molecule has 0 saturated carbocycles. The van der Waals surface area contributed by atoms with E-state index >= 15 is 0 Å². The zero-order valence-electron chi connectivity index (χ0n) is 13.9. The highest BCUT2D eigenvalue weighted by Crippen LogP contribution is 2.26. The van der Waals surface area contributed by atoms with E-state index in [4.69, 9.17) is 0 Å². The first-order valence-corrected chi connectivity index (χ1v) is 8.65. The fourth-order valence-corrected chi connectivity index (χ4v) is 3.45. The number of aromatic nitrogens is 5. The van der Waals surface area contributed by atoms with Gasteiger partial charge in [-0.1, -0.05) is 30.3 Å². The van der Waals surface area contributed by atoms with E-state index in [1.807, 2.05) is 44.3 Å². The largest absolute Gasteiger partial charge is 0.273 e. The Labute approximate surface area is 149 Å². The molecular formula is C18H16N6S. The van der Waals surface area contributed by atoms with Crippen LogP contribution in [-0.2, 0) is 0 Å². The summed E-state index contributed by atoms with van der Waals surface area (Å²) >= 11 is 1.69. The second-order valence-electron chi connectivity index (χ2n) is 5.63. The molecule has 0 aliphatic heterocycles. The molecule has 1 aromatic carbocycles. The molecule has 0 aliphatic carbocycles. The molecule has 0 saturated heterocycles. The van der Waals surface area contributed by atoms with Crippen molar-refractivity contribution in [3.05, 3.63) is 71.1 Å². The van der Waals surface area contributed by atoms with Crippen molar-refractivity contribution in [3.63, 3.8) is 0 Å². The third-order valence-corrected chi connectivity index (χ3v) is 4.78. The molecule has 0 aliphatic rings. The van der Waals surface area contributed by atoms with Gasteiger partial charge in [-0.15, -0.1) is 21.5 Å². The summed E-state index contributed by atoms with van der Waals surface area (Å²) in [5.74, 6) is 0.571. The Bertz CT molecular complexity index is 1020. The Morgan fingerprint density at radius 2 is 1.92 bits per heavy atom. The lowest BCUT2D eigenvalue weighted by Gasteiger charge is -2.01. The Morgan fingerprint density at radius 1 is 1.08 bits per heavy atom. The first kappa shape index (κ1) is 15.5. The van der Waals surface area contributed by atoms with E-state index in [0.717, 1.165) is 16.3 Å². The summed E-state index contributed by atoms with van der Waals surface area (Å²) in [6, 6.07) is 16.5. The number of thiophene rings is 1. The summed E-state index contributed by atoms with van der Waals surface area (Å²) in [6.45, 7) is 3.93. The van der Waals surface area contributed by atoms with Crippen molar-refractivity contribution in [2.45, 2.75) is 13.8 Å². The summed E-state index contributed by atoms with van der Waals surface area (Å²) in [6.07, 6.45) is 3.39. The van der Waals surface area contributed by atoms with Crippen molar-refractivity contribution in [2.24, 2.45) is 5.10 Å². The van der Waals surface area contributed by atoms with Crippen LogP contribution in [0.25, 0.3) is 16.4 Å². The number of nitrogens with zero attached hydrogens (tertiary/aromatic N) is 6. The monoisotopic (exact) mass is 348 g/mol. The van der Waals surface area contributed by atoms with Crippen LogP contribution in [0.3, 0.4) is 0 Å². The maximum absolute atomic E-state index is 4.49. The molecule has 0 atom stereocenters. The van der Waals surface area contributed by atoms with Gasteiger partial charge < -0.3 is 0 Å². The van der Waals surface area contributed by atoms with Crippen LogP contribution in [0.5, 0.6) is 0 Å². The summed E-state index contributed by atoms with van der Waals surface area (Å²) in [7, 11) is 0. The van der Waals surface area contributed by atoms with Crippen LogP contribution in [0, 0.1) is 13.8 Å². The van der Waals surface area contributed by atoms with Gasteiger partial charge in [-0.3, -0.25) is 0 Å². The SMILES string of the molecule is Cc1cc(C)n(-c2nncn2/N=C\c2ccc(-c3ccccc3)s2)n1. The van der Waals surface area contributed by atoms with E-state index in [1.54, 1.807) is 27.0 Å². The Kier molecular flexibility index (Phi) is 3.99.